The van der Waals surface area contributed by atoms with Crippen LogP contribution in [-0.4, -0.2) is 57.2 Å². The third kappa shape index (κ3) is 3.17. The molecule has 0 aliphatic carbocycles. The van der Waals surface area contributed by atoms with Gasteiger partial charge < -0.3 is 15.4 Å². The zero-order valence-electron chi connectivity index (χ0n) is 9.86. The van der Waals surface area contributed by atoms with Crippen LogP contribution >= 0.6 is 0 Å². The zero-order valence-corrected chi connectivity index (χ0v) is 10.7. The molecule has 1 amide bonds. The van der Waals surface area contributed by atoms with Crippen molar-refractivity contribution in [3.05, 3.63) is 0 Å². The number of hydrogen-bond donors (Lipinski definition) is 2. The summed E-state index contributed by atoms with van der Waals surface area (Å²) in [5.41, 5.74) is -0.642. The van der Waals surface area contributed by atoms with Gasteiger partial charge in [-0.05, 0) is 13.3 Å². The van der Waals surface area contributed by atoms with Crippen molar-refractivity contribution >= 4 is 15.7 Å². The van der Waals surface area contributed by atoms with Gasteiger partial charge in [0, 0.05) is 13.1 Å². The number of carbonyl (C=O) groups excluding carboxylic acids is 1. The van der Waals surface area contributed by atoms with Gasteiger partial charge in [0.25, 0.3) is 5.91 Å². The second-order valence-electron chi connectivity index (χ2n) is 4.96. The number of carbonyl (C=O) groups is 1. The van der Waals surface area contributed by atoms with Crippen molar-refractivity contribution < 1.29 is 17.9 Å². The molecule has 2 fully saturated rings. The minimum Gasteiger partial charge on any atom is -0.366 e. The monoisotopic (exact) mass is 262 g/mol. The second kappa shape index (κ2) is 4.55. The molecule has 2 saturated heterocycles. The molecule has 2 rings (SSSR count). The lowest BCUT2D eigenvalue weighted by atomic mass is 10.0. The molecular formula is C10H18N2O4S. The summed E-state index contributed by atoms with van der Waals surface area (Å²) >= 11 is 0. The number of morpholine rings is 1. The van der Waals surface area contributed by atoms with Crippen molar-refractivity contribution in [1.29, 1.82) is 0 Å². The Morgan fingerprint density at radius 2 is 2.29 bits per heavy atom. The van der Waals surface area contributed by atoms with E-state index < -0.39 is 21.5 Å². The maximum absolute atomic E-state index is 11.9. The lowest BCUT2D eigenvalue weighted by molar-refractivity contribution is -0.135. The molecular weight excluding hydrogens is 244 g/mol. The summed E-state index contributed by atoms with van der Waals surface area (Å²) in [6.45, 7) is 3.50. The fourth-order valence-corrected chi connectivity index (χ4v) is 4.31. The first kappa shape index (κ1) is 12.8. The summed E-state index contributed by atoms with van der Waals surface area (Å²) in [5.74, 6) is -0.0591. The minimum absolute atomic E-state index is 0.0197. The quantitative estimate of drug-likeness (QED) is 0.644. The smallest absolute Gasteiger partial charge is 0.250 e. The lowest BCUT2D eigenvalue weighted by Gasteiger charge is -2.29. The first-order valence-corrected chi connectivity index (χ1v) is 7.57. The van der Waals surface area contributed by atoms with Crippen LogP contribution in [0.4, 0.5) is 0 Å². The third-order valence-corrected chi connectivity index (χ3v) is 5.05. The molecule has 0 aromatic rings. The molecule has 0 aromatic carbocycles. The Morgan fingerprint density at radius 1 is 1.53 bits per heavy atom. The van der Waals surface area contributed by atoms with Gasteiger partial charge in [0.15, 0.2) is 9.84 Å². The van der Waals surface area contributed by atoms with E-state index in [1.165, 1.54) is 0 Å². The number of amides is 1. The number of hydrogen-bond acceptors (Lipinski definition) is 5. The summed E-state index contributed by atoms with van der Waals surface area (Å²) < 4.78 is 28.1. The molecule has 7 heteroatoms. The Morgan fingerprint density at radius 3 is 2.82 bits per heavy atom. The van der Waals surface area contributed by atoms with Gasteiger partial charge >= 0.3 is 0 Å². The Bertz CT molecular complexity index is 403. The summed E-state index contributed by atoms with van der Waals surface area (Å²) in [6, 6.07) is 0. The molecule has 6 nitrogen and oxygen atoms in total. The summed E-state index contributed by atoms with van der Waals surface area (Å²) in [7, 11) is -3.00. The molecule has 2 N–H and O–H groups in total. The summed E-state index contributed by atoms with van der Waals surface area (Å²) in [6.07, 6.45) is -0.0369. The van der Waals surface area contributed by atoms with E-state index in [9.17, 15) is 13.2 Å². The average Bonchev–Trinajstić information content (AvgIpc) is 2.54. The summed E-state index contributed by atoms with van der Waals surface area (Å²) in [4.78, 5) is 11.9. The van der Waals surface area contributed by atoms with Crippen LogP contribution in [0, 0.1) is 0 Å². The van der Waals surface area contributed by atoms with Gasteiger partial charge in [-0.15, -0.1) is 0 Å². The Hall–Kier alpha value is -0.660. The number of sulfone groups is 1. The normalized spacial score (nSPS) is 36.6. The van der Waals surface area contributed by atoms with E-state index in [2.05, 4.69) is 10.6 Å². The molecule has 2 aliphatic rings. The van der Waals surface area contributed by atoms with E-state index >= 15 is 0 Å². The largest absolute Gasteiger partial charge is 0.366 e. The van der Waals surface area contributed by atoms with Gasteiger partial charge in [0.05, 0.1) is 23.7 Å². The van der Waals surface area contributed by atoms with E-state index in [1.54, 1.807) is 6.92 Å². The van der Waals surface area contributed by atoms with Crippen LogP contribution in [0.1, 0.15) is 13.3 Å². The van der Waals surface area contributed by atoms with E-state index in [1.807, 2.05) is 0 Å². The van der Waals surface area contributed by atoms with Crippen molar-refractivity contribution in [2.75, 3.05) is 31.2 Å². The lowest BCUT2D eigenvalue weighted by Crippen LogP contribution is -2.55. The standard InChI is InChI=1S/C10H18N2O4S/c1-10(2-5-17(14,15)7-10)12-9(13)8-6-11-3-4-16-8/h8,11H,2-7H2,1H3,(H,12,13). The van der Waals surface area contributed by atoms with Crippen molar-refractivity contribution in [1.82, 2.24) is 10.6 Å². The van der Waals surface area contributed by atoms with Crippen LogP contribution in [0.2, 0.25) is 0 Å². The van der Waals surface area contributed by atoms with Crippen molar-refractivity contribution in [3.8, 4) is 0 Å². The highest BCUT2D eigenvalue weighted by atomic mass is 32.2. The predicted molar refractivity (Wildman–Crippen MR) is 62.4 cm³/mol. The topological polar surface area (TPSA) is 84.5 Å². The van der Waals surface area contributed by atoms with Gasteiger partial charge in [-0.3, -0.25) is 4.79 Å². The molecule has 0 spiro atoms. The van der Waals surface area contributed by atoms with Gasteiger partial charge in [0.1, 0.15) is 6.10 Å². The second-order valence-corrected chi connectivity index (χ2v) is 7.14. The van der Waals surface area contributed by atoms with Crippen LogP contribution < -0.4 is 10.6 Å². The van der Waals surface area contributed by atoms with Gasteiger partial charge in [-0.25, -0.2) is 8.42 Å². The van der Waals surface area contributed by atoms with E-state index in [-0.39, 0.29) is 17.4 Å². The van der Waals surface area contributed by atoms with Crippen molar-refractivity contribution in [3.63, 3.8) is 0 Å². The van der Waals surface area contributed by atoms with E-state index in [0.29, 0.717) is 19.6 Å². The average molecular weight is 262 g/mol. The first-order chi connectivity index (χ1) is 7.90. The van der Waals surface area contributed by atoms with Crippen LogP contribution in [0.3, 0.4) is 0 Å². The van der Waals surface area contributed by atoms with E-state index in [0.717, 1.165) is 6.54 Å². The Labute approximate surface area is 101 Å². The highest BCUT2D eigenvalue weighted by Gasteiger charge is 2.40. The number of ether oxygens (including phenoxy) is 1. The number of nitrogens with one attached hydrogen (secondary N) is 2. The fourth-order valence-electron chi connectivity index (χ4n) is 2.22. The zero-order chi connectivity index (χ0) is 12.5. The predicted octanol–water partition coefficient (Wildman–Crippen LogP) is -1.33. The molecule has 98 valence electrons. The van der Waals surface area contributed by atoms with Crippen molar-refractivity contribution in [2.45, 2.75) is 25.0 Å². The molecule has 0 bridgehead atoms. The van der Waals surface area contributed by atoms with E-state index in [4.69, 9.17) is 4.74 Å². The number of rotatable bonds is 2. The molecule has 2 atom stereocenters. The minimum atomic E-state index is -3.00. The molecule has 0 saturated carbocycles. The molecule has 2 heterocycles. The molecule has 2 aliphatic heterocycles. The molecule has 2 unspecified atom stereocenters. The third-order valence-electron chi connectivity index (χ3n) is 3.15. The maximum Gasteiger partial charge on any atom is 0.250 e. The molecule has 0 aromatic heterocycles. The summed E-state index contributed by atoms with van der Waals surface area (Å²) in [5, 5.41) is 5.86. The van der Waals surface area contributed by atoms with Gasteiger partial charge in [0.2, 0.25) is 0 Å². The maximum atomic E-state index is 11.9. The Kier molecular flexibility index (Phi) is 3.42. The highest BCUT2D eigenvalue weighted by Crippen LogP contribution is 2.23. The molecule has 17 heavy (non-hydrogen) atoms. The van der Waals surface area contributed by atoms with Crippen LogP contribution in [0.15, 0.2) is 0 Å². The van der Waals surface area contributed by atoms with Gasteiger partial charge in [-0.1, -0.05) is 0 Å². The van der Waals surface area contributed by atoms with Gasteiger partial charge in [-0.2, -0.15) is 0 Å². The first-order valence-electron chi connectivity index (χ1n) is 5.75. The molecule has 0 radical (unpaired) electrons. The van der Waals surface area contributed by atoms with Crippen LogP contribution in [0.25, 0.3) is 0 Å². The highest BCUT2D eigenvalue weighted by molar-refractivity contribution is 7.91. The SMILES string of the molecule is CC1(NC(=O)C2CNCCO2)CCS(=O)(=O)C1. The fraction of sp³-hybridized carbons (Fsp3) is 0.900. The Balaban J connectivity index is 1.94. The van der Waals surface area contributed by atoms with Crippen LogP contribution in [-0.2, 0) is 19.4 Å². The van der Waals surface area contributed by atoms with Crippen molar-refractivity contribution in [2.24, 2.45) is 0 Å². The van der Waals surface area contributed by atoms with Crippen LogP contribution in [0.5, 0.6) is 0 Å².